The lowest BCUT2D eigenvalue weighted by molar-refractivity contribution is -0.117. The molecule has 0 saturated carbocycles. The van der Waals surface area contributed by atoms with Crippen LogP contribution in [0.5, 0.6) is 5.75 Å². The zero-order valence-corrected chi connectivity index (χ0v) is 16.1. The number of carbonyl (C=O) groups excluding carboxylic acids is 1. The van der Waals surface area contributed by atoms with Gasteiger partial charge in [-0.3, -0.25) is 4.79 Å². The number of hydrogen-bond donors (Lipinski definition) is 1. The van der Waals surface area contributed by atoms with Gasteiger partial charge in [0.25, 0.3) is 5.91 Å². The zero-order chi connectivity index (χ0) is 19.8. The molecule has 1 saturated heterocycles. The minimum atomic E-state index is -4.13. The molecule has 3 rings (SSSR count). The van der Waals surface area contributed by atoms with E-state index < -0.39 is 28.5 Å². The first-order valence-corrected chi connectivity index (χ1v) is 9.95. The molecule has 0 spiro atoms. The topological polar surface area (TPSA) is 75.7 Å². The van der Waals surface area contributed by atoms with Gasteiger partial charge in [0.05, 0.1) is 7.11 Å². The first-order valence-electron chi connectivity index (χ1n) is 8.51. The van der Waals surface area contributed by atoms with Crippen molar-refractivity contribution >= 4 is 21.8 Å². The molecule has 2 aromatic rings. The van der Waals surface area contributed by atoms with Crippen LogP contribution in [0.3, 0.4) is 0 Å². The van der Waals surface area contributed by atoms with E-state index in [1.165, 1.54) is 18.7 Å². The standard InChI is InChI=1S/C19H21FN2O4S/c1-12(2)8-13-4-6-14(7-5-13)15-9-16(20)19(17(10-15)26-3)22-11-18(23)21-27(22,24)25/h4-7,9-10,12H,8,11H2,1-3H3,(H,21,23). The monoisotopic (exact) mass is 392 g/mol. The second-order valence-corrected chi connectivity index (χ2v) is 8.44. The maximum Gasteiger partial charge on any atom is 0.326 e. The lowest BCUT2D eigenvalue weighted by Gasteiger charge is -2.19. The molecule has 6 nitrogen and oxygen atoms in total. The van der Waals surface area contributed by atoms with Crippen molar-refractivity contribution in [2.45, 2.75) is 20.3 Å². The predicted molar refractivity (Wildman–Crippen MR) is 101 cm³/mol. The summed E-state index contributed by atoms with van der Waals surface area (Å²) in [6.07, 6.45) is 0.949. The largest absolute Gasteiger partial charge is 0.494 e. The summed E-state index contributed by atoms with van der Waals surface area (Å²) in [6, 6.07) is 10.6. The van der Waals surface area contributed by atoms with Gasteiger partial charge in [0.2, 0.25) is 0 Å². The van der Waals surface area contributed by atoms with E-state index in [4.69, 9.17) is 4.74 Å². The molecule has 1 N–H and O–H groups in total. The Bertz CT molecular complexity index is 972. The van der Waals surface area contributed by atoms with Crippen molar-refractivity contribution in [1.29, 1.82) is 0 Å². The molecule has 8 heteroatoms. The normalized spacial score (nSPS) is 15.9. The summed E-state index contributed by atoms with van der Waals surface area (Å²) in [5.41, 5.74) is 2.24. The van der Waals surface area contributed by atoms with Crippen LogP contribution in [0.4, 0.5) is 10.1 Å². The number of benzene rings is 2. The lowest BCUT2D eigenvalue weighted by Crippen LogP contribution is -2.30. The van der Waals surface area contributed by atoms with Crippen molar-refractivity contribution in [3.63, 3.8) is 0 Å². The van der Waals surface area contributed by atoms with Crippen LogP contribution in [0, 0.1) is 11.7 Å². The number of nitrogens with zero attached hydrogens (tertiary/aromatic N) is 1. The van der Waals surface area contributed by atoms with Crippen LogP contribution in [-0.4, -0.2) is 28.0 Å². The quantitative estimate of drug-likeness (QED) is 0.849. The van der Waals surface area contributed by atoms with E-state index in [-0.39, 0.29) is 11.4 Å². The van der Waals surface area contributed by atoms with Gasteiger partial charge in [0, 0.05) is 0 Å². The number of carbonyl (C=O) groups is 1. The number of anilines is 1. The average Bonchev–Trinajstić information content (AvgIpc) is 2.86. The SMILES string of the molecule is COc1cc(-c2ccc(CC(C)C)cc2)cc(F)c1N1CC(=O)NS1(=O)=O. The highest BCUT2D eigenvalue weighted by Gasteiger charge is 2.37. The molecule has 27 heavy (non-hydrogen) atoms. The van der Waals surface area contributed by atoms with Gasteiger partial charge in [0.1, 0.15) is 18.0 Å². The number of hydrogen-bond acceptors (Lipinski definition) is 4. The summed E-state index contributed by atoms with van der Waals surface area (Å²) in [5, 5.41) is 0. The fourth-order valence-electron chi connectivity index (χ4n) is 3.09. The molecular formula is C19H21FN2O4S. The van der Waals surface area contributed by atoms with Gasteiger partial charge in [-0.2, -0.15) is 8.42 Å². The third-order valence-electron chi connectivity index (χ3n) is 4.25. The fourth-order valence-corrected chi connectivity index (χ4v) is 4.26. The van der Waals surface area contributed by atoms with E-state index >= 15 is 0 Å². The molecule has 1 fully saturated rings. The average molecular weight is 392 g/mol. The number of amides is 1. The van der Waals surface area contributed by atoms with Crippen molar-refractivity contribution in [2.24, 2.45) is 5.92 Å². The maximum absolute atomic E-state index is 14.8. The molecule has 0 aromatic heterocycles. The molecule has 0 atom stereocenters. The van der Waals surface area contributed by atoms with E-state index in [0.717, 1.165) is 12.0 Å². The van der Waals surface area contributed by atoms with Crippen LogP contribution < -0.4 is 13.8 Å². The third kappa shape index (κ3) is 3.90. The second kappa shape index (κ2) is 7.19. The highest BCUT2D eigenvalue weighted by atomic mass is 32.2. The first kappa shape index (κ1) is 19.2. The van der Waals surface area contributed by atoms with Gasteiger partial charge in [-0.25, -0.2) is 13.4 Å². The van der Waals surface area contributed by atoms with Crippen molar-refractivity contribution in [3.05, 3.63) is 47.8 Å². The Morgan fingerprint density at radius 3 is 2.37 bits per heavy atom. The van der Waals surface area contributed by atoms with Crippen LogP contribution in [0.1, 0.15) is 19.4 Å². The highest BCUT2D eigenvalue weighted by molar-refractivity contribution is 7.92. The summed E-state index contributed by atoms with van der Waals surface area (Å²) in [6.45, 7) is 3.79. The Hall–Kier alpha value is -2.61. The number of rotatable bonds is 5. The van der Waals surface area contributed by atoms with Gasteiger partial charge >= 0.3 is 10.2 Å². The van der Waals surface area contributed by atoms with Crippen LogP contribution >= 0.6 is 0 Å². The van der Waals surface area contributed by atoms with E-state index in [1.54, 1.807) is 6.07 Å². The van der Waals surface area contributed by atoms with Crippen molar-refractivity contribution in [3.8, 4) is 16.9 Å². The van der Waals surface area contributed by atoms with Gasteiger partial charge in [-0.1, -0.05) is 38.1 Å². The van der Waals surface area contributed by atoms with Crippen LogP contribution in [0.2, 0.25) is 0 Å². The molecule has 1 heterocycles. The van der Waals surface area contributed by atoms with Gasteiger partial charge in [-0.15, -0.1) is 0 Å². The summed E-state index contributed by atoms with van der Waals surface area (Å²) in [7, 11) is -2.80. The van der Waals surface area contributed by atoms with Gasteiger partial charge in [-0.05, 0) is 41.2 Å². The summed E-state index contributed by atoms with van der Waals surface area (Å²) in [4.78, 5) is 11.5. The van der Waals surface area contributed by atoms with Crippen LogP contribution in [0.25, 0.3) is 11.1 Å². The number of halogens is 1. The van der Waals surface area contributed by atoms with Gasteiger partial charge < -0.3 is 4.74 Å². The maximum atomic E-state index is 14.8. The molecule has 0 unspecified atom stereocenters. The summed E-state index contributed by atoms with van der Waals surface area (Å²) >= 11 is 0. The van der Waals surface area contributed by atoms with E-state index in [0.29, 0.717) is 15.8 Å². The Labute approximate surface area is 158 Å². The second-order valence-electron chi connectivity index (χ2n) is 6.84. The van der Waals surface area contributed by atoms with Crippen LogP contribution in [-0.2, 0) is 21.4 Å². The van der Waals surface area contributed by atoms with Gasteiger partial charge in [0.15, 0.2) is 5.82 Å². The predicted octanol–water partition coefficient (Wildman–Crippen LogP) is 2.88. The third-order valence-corrected chi connectivity index (χ3v) is 5.63. The van der Waals surface area contributed by atoms with E-state index in [9.17, 15) is 17.6 Å². The van der Waals surface area contributed by atoms with Crippen molar-refractivity contribution in [2.75, 3.05) is 18.0 Å². The molecule has 0 aliphatic carbocycles. The van der Waals surface area contributed by atoms with Crippen molar-refractivity contribution < 1.29 is 22.3 Å². The van der Waals surface area contributed by atoms with Crippen molar-refractivity contribution in [1.82, 2.24) is 4.72 Å². The summed E-state index contributed by atoms with van der Waals surface area (Å²) in [5.74, 6) is -0.931. The number of nitrogens with one attached hydrogen (secondary N) is 1. The smallest absolute Gasteiger partial charge is 0.326 e. The lowest BCUT2D eigenvalue weighted by atomic mass is 9.98. The Morgan fingerprint density at radius 1 is 1.19 bits per heavy atom. The molecule has 1 aliphatic heterocycles. The molecule has 2 aromatic carbocycles. The summed E-state index contributed by atoms with van der Waals surface area (Å²) < 4.78 is 46.6. The Kier molecular flexibility index (Phi) is 5.10. The molecule has 0 bridgehead atoms. The van der Waals surface area contributed by atoms with E-state index in [2.05, 4.69) is 13.8 Å². The minimum Gasteiger partial charge on any atom is -0.494 e. The fraction of sp³-hybridized carbons (Fsp3) is 0.316. The minimum absolute atomic E-state index is 0.0383. The molecule has 144 valence electrons. The number of methoxy groups -OCH3 is 1. The number of ether oxygens (including phenoxy) is 1. The van der Waals surface area contributed by atoms with E-state index in [1.807, 2.05) is 29.0 Å². The zero-order valence-electron chi connectivity index (χ0n) is 15.3. The Balaban J connectivity index is 2.01. The molecule has 1 amide bonds. The highest BCUT2D eigenvalue weighted by Crippen LogP contribution is 2.38. The Morgan fingerprint density at radius 2 is 1.85 bits per heavy atom. The molecular weight excluding hydrogens is 371 g/mol. The first-order chi connectivity index (χ1) is 12.7. The van der Waals surface area contributed by atoms with Crippen LogP contribution in [0.15, 0.2) is 36.4 Å². The molecule has 0 radical (unpaired) electrons. The molecule has 1 aliphatic rings.